The highest BCUT2D eigenvalue weighted by Crippen LogP contribution is 2.27. The summed E-state index contributed by atoms with van der Waals surface area (Å²) in [7, 11) is -3.49. The second kappa shape index (κ2) is 4.36. The topological polar surface area (TPSA) is 92.1 Å². The second-order valence-electron chi connectivity index (χ2n) is 4.51. The number of aromatic nitrogens is 2. The van der Waals surface area contributed by atoms with Gasteiger partial charge in [0.25, 0.3) is 0 Å². The van der Waals surface area contributed by atoms with Crippen molar-refractivity contribution < 1.29 is 8.42 Å². The summed E-state index contributed by atoms with van der Waals surface area (Å²) >= 11 is 0. The Hall–Kier alpha value is -1.86. The maximum atomic E-state index is 12.4. The minimum atomic E-state index is -3.49. The first kappa shape index (κ1) is 12.2. The van der Waals surface area contributed by atoms with Gasteiger partial charge in [-0.15, -0.1) is 0 Å². The van der Waals surface area contributed by atoms with Gasteiger partial charge < -0.3 is 5.73 Å². The van der Waals surface area contributed by atoms with Crippen molar-refractivity contribution in [3.8, 4) is 0 Å². The standard InChI is InChI=1S/C12H14N4O2S/c13-12-3-1-2-9-4-5-16(8-11(9)12)19(17,18)10-6-14-15-7-10/h1-3,6-7H,4-5,8,13H2,(H,14,15). The van der Waals surface area contributed by atoms with E-state index >= 15 is 0 Å². The van der Waals surface area contributed by atoms with Crippen LogP contribution >= 0.6 is 0 Å². The zero-order chi connectivity index (χ0) is 13.5. The van der Waals surface area contributed by atoms with Crippen molar-refractivity contribution in [2.75, 3.05) is 12.3 Å². The Morgan fingerprint density at radius 3 is 2.95 bits per heavy atom. The van der Waals surface area contributed by atoms with Crippen LogP contribution in [0.2, 0.25) is 0 Å². The molecular formula is C12H14N4O2S. The minimum absolute atomic E-state index is 0.186. The molecular weight excluding hydrogens is 264 g/mol. The SMILES string of the molecule is Nc1cccc2c1CN(S(=O)(=O)c1cn[nH]c1)CC2. The number of nitrogens with one attached hydrogen (secondary N) is 1. The van der Waals surface area contributed by atoms with Crippen LogP contribution in [0.4, 0.5) is 5.69 Å². The lowest BCUT2D eigenvalue weighted by atomic mass is 10.00. The van der Waals surface area contributed by atoms with E-state index < -0.39 is 10.0 Å². The smallest absolute Gasteiger partial charge is 0.246 e. The molecule has 0 spiro atoms. The van der Waals surface area contributed by atoms with Crippen LogP contribution in [0.1, 0.15) is 11.1 Å². The van der Waals surface area contributed by atoms with Gasteiger partial charge >= 0.3 is 0 Å². The molecule has 1 aliphatic rings. The van der Waals surface area contributed by atoms with Crippen molar-refractivity contribution >= 4 is 15.7 Å². The van der Waals surface area contributed by atoms with E-state index in [1.807, 2.05) is 12.1 Å². The van der Waals surface area contributed by atoms with Crippen molar-refractivity contribution in [3.63, 3.8) is 0 Å². The fourth-order valence-corrected chi connectivity index (χ4v) is 3.63. The average Bonchev–Trinajstić information content (AvgIpc) is 2.93. The number of nitrogen functional groups attached to an aromatic ring is 1. The molecule has 1 aliphatic heterocycles. The van der Waals surface area contributed by atoms with Gasteiger partial charge in [0, 0.05) is 25.0 Å². The fourth-order valence-electron chi connectivity index (χ4n) is 2.32. The first-order chi connectivity index (χ1) is 9.09. The molecule has 0 saturated carbocycles. The monoisotopic (exact) mass is 278 g/mol. The van der Waals surface area contributed by atoms with Crippen LogP contribution in [0.5, 0.6) is 0 Å². The number of nitrogens with two attached hydrogens (primary N) is 1. The molecule has 0 atom stereocenters. The van der Waals surface area contributed by atoms with E-state index in [2.05, 4.69) is 10.2 Å². The molecule has 3 rings (SSSR count). The van der Waals surface area contributed by atoms with E-state index in [4.69, 9.17) is 5.73 Å². The van der Waals surface area contributed by atoms with Crippen molar-refractivity contribution in [1.29, 1.82) is 0 Å². The van der Waals surface area contributed by atoms with E-state index in [0.29, 0.717) is 25.2 Å². The molecule has 6 nitrogen and oxygen atoms in total. The number of benzene rings is 1. The van der Waals surface area contributed by atoms with Crippen LogP contribution < -0.4 is 5.73 Å². The highest BCUT2D eigenvalue weighted by Gasteiger charge is 2.29. The van der Waals surface area contributed by atoms with Gasteiger partial charge in [0.15, 0.2) is 0 Å². The zero-order valence-electron chi connectivity index (χ0n) is 10.2. The Balaban J connectivity index is 1.97. The summed E-state index contributed by atoms with van der Waals surface area (Å²) < 4.78 is 26.2. The summed E-state index contributed by atoms with van der Waals surface area (Å²) in [4.78, 5) is 0.186. The Labute approximate surface area is 111 Å². The normalized spacial score (nSPS) is 16.2. The highest BCUT2D eigenvalue weighted by atomic mass is 32.2. The minimum Gasteiger partial charge on any atom is -0.398 e. The highest BCUT2D eigenvalue weighted by molar-refractivity contribution is 7.89. The number of H-pyrrole nitrogens is 1. The van der Waals surface area contributed by atoms with Gasteiger partial charge in [0.1, 0.15) is 4.90 Å². The van der Waals surface area contributed by atoms with Gasteiger partial charge in [-0.2, -0.15) is 9.40 Å². The summed E-state index contributed by atoms with van der Waals surface area (Å²) in [6, 6.07) is 5.69. The number of aromatic amines is 1. The maximum absolute atomic E-state index is 12.4. The number of sulfonamides is 1. The molecule has 19 heavy (non-hydrogen) atoms. The molecule has 0 unspecified atom stereocenters. The predicted octanol–water partition coefficient (Wildman–Crippen LogP) is 0.739. The molecule has 0 radical (unpaired) electrons. The van der Waals surface area contributed by atoms with Crippen LogP contribution in [0.3, 0.4) is 0 Å². The summed E-state index contributed by atoms with van der Waals surface area (Å²) in [5.74, 6) is 0. The maximum Gasteiger partial charge on any atom is 0.246 e. The summed E-state index contributed by atoms with van der Waals surface area (Å²) in [6.45, 7) is 0.777. The van der Waals surface area contributed by atoms with E-state index in [-0.39, 0.29) is 4.90 Å². The lowest BCUT2D eigenvalue weighted by molar-refractivity contribution is 0.392. The van der Waals surface area contributed by atoms with Crippen LogP contribution in [0.25, 0.3) is 0 Å². The van der Waals surface area contributed by atoms with Gasteiger partial charge in [0.05, 0.1) is 6.20 Å². The Kier molecular flexibility index (Phi) is 2.79. The molecule has 2 aromatic rings. The number of fused-ring (bicyclic) bond motifs is 1. The third-order valence-electron chi connectivity index (χ3n) is 3.39. The molecule has 0 amide bonds. The second-order valence-corrected chi connectivity index (χ2v) is 6.45. The van der Waals surface area contributed by atoms with Gasteiger partial charge in [-0.3, -0.25) is 5.10 Å². The molecule has 0 bridgehead atoms. The van der Waals surface area contributed by atoms with E-state index in [1.54, 1.807) is 6.07 Å². The van der Waals surface area contributed by atoms with Crippen LogP contribution in [0.15, 0.2) is 35.5 Å². The first-order valence-corrected chi connectivity index (χ1v) is 7.38. The van der Waals surface area contributed by atoms with Crippen molar-refractivity contribution in [3.05, 3.63) is 41.7 Å². The van der Waals surface area contributed by atoms with Gasteiger partial charge in [-0.1, -0.05) is 12.1 Å². The van der Waals surface area contributed by atoms with Crippen LogP contribution in [-0.4, -0.2) is 29.5 Å². The largest absolute Gasteiger partial charge is 0.398 e. The quantitative estimate of drug-likeness (QED) is 0.792. The number of hydrogen-bond donors (Lipinski definition) is 2. The lowest BCUT2D eigenvalue weighted by Crippen LogP contribution is -2.36. The molecule has 0 fully saturated rings. The molecule has 0 saturated heterocycles. The predicted molar refractivity (Wildman–Crippen MR) is 70.7 cm³/mol. The third-order valence-corrected chi connectivity index (χ3v) is 5.20. The van der Waals surface area contributed by atoms with Crippen LogP contribution in [0, 0.1) is 0 Å². The summed E-state index contributed by atoms with van der Waals surface area (Å²) in [6.07, 6.45) is 3.38. The summed E-state index contributed by atoms with van der Waals surface area (Å²) in [5.41, 5.74) is 8.60. The molecule has 2 heterocycles. The Bertz CT molecular complexity index is 695. The Morgan fingerprint density at radius 1 is 1.37 bits per heavy atom. The molecule has 1 aromatic heterocycles. The van der Waals surface area contributed by atoms with Gasteiger partial charge in [0.2, 0.25) is 10.0 Å². The molecule has 3 N–H and O–H groups in total. The van der Waals surface area contributed by atoms with Crippen molar-refractivity contribution in [1.82, 2.24) is 14.5 Å². The number of hydrogen-bond acceptors (Lipinski definition) is 4. The molecule has 0 aliphatic carbocycles. The van der Waals surface area contributed by atoms with Gasteiger partial charge in [-0.25, -0.2) is 8.42 Å². The number of nitrogens with zero attached hydrogens (tertiary/aromatic N) is 2. The van der Waals surface area contributed by atoms with E-state index in [1.165, 1.54) is 16.7 Å². The number of rotatable bonds is 2. The van der Waals surface area contributed by atoms with Gasteiger partial charge in [-0.05, 0) is 23.6 Å². The zero-order valence-corrected chi connectivity index (χ0v) is 11.0. The first-order valence-electron chi connectivity index (χ1n) is 5.94. The van der Waals surface area contributed by atoms with E-state index in [9.17, 15) is 8.42 Å². The molecule has 1 aromatic carbocycles. The van der Waals surface area contributed by atoms with E-state index in [0.717, 1.165) is 11.1 Å². The lowest BCUT2D eigenvalue weighted by Gasteiger charge is -2.28. The van der Waals surface area contributed by atoms with Crippen LogP contribution in [-0.2, 0) is 23.0 Å². The van der Waals surface area contributed by atoms with Crippen molar-refractivity contribution in [2.45, 2.75) is 17.9 Å². The van der Waals surface area contributed by atoms with Crippen molar-refractivity contribution in [2.24, 2.45) is 0 Å². The number of anilines is 1. The third kappa shape index (κ3) is 2.00. The molecule has 7 heteroatoms. The fraction of sp³-hybridized carbons (Fsp3) is 0.250. The molecule has 100 valence electrons. The summed E-state index contributed by atoms with van der Waals surface area (Å²) in [5, 5.41) is 6.21. The average molecular weight is 278 g/mol. The Morgan fingerprint density at radius 2 is 2.21 bits per heavy atom.